The van der Waals surface area contributed by atoms with Crippen molar-refractivity contribution in [3.63, 3.8) is 0 Å². The molecule has 1 N–H and O–H groups in total. The van der Waals surface area contributed by atoms with Crippen LogP contribution in [-0.4, -0.2) is 62.5 Å². The molecular weight excluding hydrogens is 198 g/mol. The van der Waals surface area contributed by atoms with Crippen LogP contribution in [-0.2, 0) is 14.3 Å². The van der Waals surface area contributed by atoms with Gasteiger partial charge in [0, 0.05) is 20.3 Å². The highest BCUT2D eigenvalue weighted by Crippen LogP contribution is 1.97. The van der Waals surface area contributed by atoms with E-state index in [1.165, 1.54) is 0 Å². The molecule has 5 nitrogen and oxygen atoms in total. The normalized spacial score (nSPS) is 13.1. The van der Waals surface area contributed by atoms with Crippen LogP contribution in [0.1, 0.15) is 13.3 Å². The number of carbonyl (C=O) groups is 1. The third-order valence-corrected chi connectivity index (χ3v) is 2.25. The largest absolute Gasteiger partial charge is 0.480 e. The Morgan fingerprint density at radius 1 is 1.40 bits per heavy atom. The maximum absolute atomic E-state index is 10.6. The molecule has 0 aromatic rings. The topological polar surface area (TPSA) is 59.0 Å². The zero-order valence-electron chi connectivity index (χ0n) is 9.73. The molecule has 90 valence electrons. The first-order valence-corrected chi connectivity index (χ1v) is 5.09. The number of ether oxygens (including phenoxy) is 2. The van der Waals surface area contributed by atoms with Crippen molar-refractivity contribution in [1.29, 1.82) is 0 Å². The number of hydrogen-bond acceptors (Lipinski definition) is 4. The quantitative estimate of drug-likeness (QED) is 0.570. The van der Waals surface area contributed by atoms with Crippen LogP contribution >= 0.6 is 0 Å². The first-order chi connectivity index (χ1) is 7.09. The highest BCUT2D eigenvalue weighted by molar-refractivity contribution is 5.72. The van der Waals surface area contributed by atoms with Gasteiger partial charge in [0.25, 0.3) is 0 Å². The van der Waals surface area contributed by atoms with Crippen LogP contribution < -0.4 is 0 Å². The highest BCUT2D eigenvalue weighted by atomic mass is 16.5. The van der Waals surface area contributed by atoms with Crippen LogP contribution in [0.5, 0.6) is 0 Å². The lowest BCUT2D eigenvalue weighted by Crippen LogP contribution is -2.36. The lowest BCUT2D eigenvalue weighted by Gasteiger charge is -2.20. The molecule has 5 heteroatoms. The second-order valence-corrected chi connectivity index (χ2v) is 3.45. The molecule has 0 spiro atoms. The summed E-state index contributed by atoms with van der Waals surface area (Å²) in [5, 5.41) is 8.74. The Hall–Kier alpha value is -0.650. The van der Waals surface area contributed by atoms with E-state index >= 15 is 0 Å². The van der Waals surface area contributed by atoms with Crippen molar-refractivity contribution in [1.82, 2.24) is 4.90 Å². The summed E-state index contributed by atoms with van der Waals surface area (Å²) in [5.74, 6) is -0.794. The van der Waals surface area contributed by atoms with E-state index in [1.54, 1.807) is 26.0 Å². The van der Waals surface area contributed by atoms with E-state index in [0.29, 0.717) is 19.8 Å². The molecule has 0 aromatic carbocycles. The zero-order valence-corrected chi connectivity index (χ0v) is 9.73. The maximum atomic E-state index is 10.6. The van der Waals surface area contributed by atoms with Crippen LogP contribution in [0.25, 0.3) is 0 Å². The van der Waals surface area contributed by atoms with Gasteiger partial charge in [-0.2, -0.15) is 0 Å². The first kappa shape index (κ1) is 14.3. The Morgan fingerprint density at radius 3 is 2.60 bits per heavy atom. The predicted molar refractivity (Wildman–Crippen MR) is 57.0 cm³/mol. The molecule has 0 aliphatic rings. The Labute approximate surface area is 91.0 Å². The molecule has 0 saturated heterocycles. The molecule has 0 amide bonds. The van der Waals surface area contributed by atoms with E-state index in [-0.39, 0.29) is 0 Å². The van der Waals surface area contributed by atoms with E-state index in [9.17, 15) is 4.79 Å². The maximum Gasteiger partial charge on any atom is 0.320 e. The summed E-state index contributed by atoms with van der Waals surface area (Å²) in [6.07, 6.45) is 0.831. The second kappa shape index (κ2) is 8.64. The molecule has 0 aliphatic carbocycles. The molecule has 1 unspecified atom stereocenters. The smallest absolute Gasteiger partial charge is 0.320 e. The second-order valence-electron chi connectivity index (χ2n) is 3.45. The number of carboxylic acid groups (broad SMARTS) is 1. The number of methoxy groups -OCH3 is 1. The highest BCUT2D eigenvalue weighted by Gasteiger charge is 2.15. The van der Waals surface area contributed by atoms with E-state index in [0.717, 1.165) is 13.0 Å². The molecule has 0 aliphatic heterocycles. The summed E-state index contributed by atoms with van der Waals surface area (Å²) >= 11 is 0. The standard InChI is InChI=1S/C10H21NO4/c1-9(10(12)13)11(2)5-4-6-15-8-7-14-3/h9H,4-8H2,1-3H3,(H,12,13). The van der Waals surface area contributed by atoms with Gasteiger partial charge in [0.2, 0.25) is 0 Å². The van der Waals surface area contributed by atoms with Crippen molar-refractivity contribution in [3.05, 3.63) is 0 Å². The van der Waals surface area contributed by atoms with E-state index in [1.807, 2.05) is 0 Å². The van der Waals surface area contributed by atoms with Gasteiger partial charge in [-0.05, 0) is 20.4 Å². The van der Waals surface area contributed by atoms with Gasteiger partial charge >= 0.3 is 5.97 Å². The van der Waals surface area contributed by atoms with Crippen LogP contribution in [0.3, 0.4) is 0 Å². The van der Waals surface area contributed by atoms with Crippen molar-refractivity contribution < 1.29 is 19.4 Å². The van der Waals surface area contributed by atoms with Gasteiger partial charge in [0.15, 0.2) is 0 Å². The Bertz CT molecular complexity index is 175. The van der Waals surface area contributed by atoms with Gasteiger partial charge in [-0.3, -0.25) is 9.69 Å². The number of hydrogen-bond donors (Lipinski definition) is 1. The lowest BCUT2D eigenvalue weighted by molar-refractivity contribution is -0.142. The third-order valence-electron chi connectivity index (χ3n) is 2.25. The van der Waals surface area contributed by atoms with E-state index in [4.69, 9.17) is 14.6 Å². The molecule has 0 radical (unpaired) electrons. The van der Waals surface area contributed by atoms with Crippen molar-refractivity contribution >= 4 is 5.97 Å². The number of likely N-dealkylation sites (N-methyl/N-ethyl adjacent to an activating group) is 1. The number of nitrogens with zero attached hydrogens (tertiary/aromatic N) is 1. The van der Waals surface area contributed by atoms with Crippen molar-refractivity contribution in [2.24, 2.45) is 0 Å². The summed E-state index contributed by atoms with van der Waals surface area (Å²) in [6.45, 7) is 4.23. The molecule has 0 aromatic heterocycles. The minimum atomic E-state index is -0.794. The SMILES string of the molecule is COCCOCCCN(C)C(C)C(=O)O. The van der Waals surface area contributed by atoms with Gasteiger partial charge in [-0.1, -0.05) is 0 Å². The molecule has 0 bridgehead atoms. The molecule has 1 atom stereocenters. The third kappa shape index (κ3) is 7.30. The molecule has 15 heavy (non-hydrogen) atoms. The van der Waals surface area contributed by atoms with Crippen LogP contribution in [0, 0.1) is 0 Å². The average Bonchev–Trinajstić information content (AvgIpc) is 2.21. The number of carboxylic acids is 1. The van der Waals surface area contributed by atoms with Gasteiger partial charge in [0.05, 0.1) is 13.2 Å². The van der Waals surface area contributed by atoms with E-state index in [2.05, 4.69) is 0 Å². The molecule has 0 fully saturated rings. The summed E-state index contributed by atoms with van der Waals surface area (Å²) in [6, 6.07) is -0.441. The number of aliphatic carboxylic acids is 1. The van der Waals surface area contributed by atoms with Gasteiger partial charge < -0.3 is 14.6 Å². The Balaban J connectivity index is 3.38. The Kier molecular flexibility index (Phi) is 8.27. The molecule has 0 heterocycles. The van der Waals surface area contributed by atoms with E-state index < -0.39 is 12.0 Å². The fourth-order valence-electron chi connectivity index (χ4n) is 1.04. The van der Waals surface area contributed by atoms with Crippen LogP contribution in [0.4, 0.5) is 0 Å². The van der Waals surface area contributed by atoms with Crippen molar-refractivity contribution in [3.8, 4) is 0 Å². The summed E-state index contributed by atoms with van der Waals surface area (Å²) < 4.78 is 10.1. The fourth-order valence-corrected chi connectivity index (χ4v) is 1.04. The average molecular weight is 219 g/mol. The number of rotatable bonds is 9. The minimum Gasteiger partial charge on any atom is -0.480 e. The monoisotopic (exact) mass is 219 g/mol. The molecule has 0 saturated carbocycles. The van der Waals surface area contributed by atoms with Gasteiger partial charge in [-0.25, -0.2) is 0 Å². The zero-order chi connectivity index (χ0) is 11.7. The van der Waals surface area contributed by atoms with Crippen LogP contribution in [0.15, 0.2) is 0 Å². The lowest BCUT2D eigenvalue weighted by atomic mass is 10.3. The Morgan fingerprint density at radius 2 is 2.07 bits per heavy atom. The summed E-state index contributed by atoms with van der Waals surface area (Å²) in [5.41, 5.74) is 0. The molecular formula is C10H21NO4. The predicted octanol–water partition coefficient (Wildman–Crippen LogP) is 0.444. The summed E-state index contributed by atoms with van der Waals surface area (Å²) in [7, 11) is 3.43. The van der Waals surface area contributed by atoms with Gasteiger partial charge in [0.1, 0.15) is 6.04 Å². The first-order valence-electron chi connectivity index (χ1n) is 5.09. The van der Waals surface area contributed by atoms with Crippen LogP contribution in [0.2, 0.25) is 0 Å². The van der Waals surface area contributed by atoms with Gasteiger partial charge in [-0.15, -0.1) is 0 Å². The fraction of sp³-hybridized carbons (Fsp3) is 0.900. The summed E-state index contributed by atoms with van der Waals surface area (Å²) in [4.78, 5) is 12.4. The minimum absolute atomic E-state index is 0.441. The molecule has 0 rings (SSSR count). The van der Waals surface area contributed by atoms with Crippen molar-refractivity contribution in [2.45, 2.75) is 19.4 Å². The van der Waals surface area contributed by atoms with Crippen molar-refractivity contribution in [2.75, 3.05) is 40.5 Å².